The summed E-state index contributed by atoms with van der Waals surface area (Å²) in [7, 11) is 0. The fourth-order valence-corrected chi connectivity index (χ4v) is 1.18. The molecule has 2 heterocycles. The number of nitrogens with one attached hydrogen (secondary N) is 2. The van der Waals surface area contributed by atoms with Gasteiger partial charge in [-0.3, -0.25) is 10.5 Å². The number of aromatic nitrogens is 5. The molecule has 0 aromatic carbocycles. The lowest BCUT2D eigenvalue weighted by atomic mass is 10.5. The van der Waals surface area contributed by atoms with Gasteiger partial charge in [0.05, 0.1) is 6.61 Å². The fraction of sp³-hybridized carbons (Fsp3) is 0.333. The normalized spacial score (nSPS) is 10.2. The molecule has 0 aliphatic carbocycles. The van der Waals surface area contributed by atoms with E-state index in [4.69, 9.17) is 15.3 Å². The van der Waals surface area contributed by atoms with E-state index < -0.39 is 0 Å². The van der Waals surface area contributed by atoms with Crippen molar-refractivity contribution < 1.29 is 9.47 Å². The van der Waals surface area contributed by atoms with Crippen molar-refractivity contribution in [3.05, 3.63) is 11.8 Å². The SMILES string of the molecule is CCOc1nc(NN)nc(Oc2cc(C)[nH]n2)n1. The van der Waals surface area contributed by atoms with Gasteiger partial charge in [-0.25, -0.2) is 5.84 Å². The van der Waals surface area contributed by atoms with Crippen molar-refractivity contribution in [1.82, 2.24) is 25.1 Å². The molecule has 0 aliphatic rings. The third kappa shape index (κ3) is 2.83. The Morgan fingerprint density at radius 3 is 2.72 bits per heavy atom. The number of rotatable bonds is 5. The summed E-state index contributed by atoms with van der Waals surface area (Å²) in [6.45, 7) is 4.09. The van der Waals surface area contributed by atoms with E-state index in [9.17, 15) is 0 Å². The van der Waals surface area contributed by atoms with Crippen LogP contribution in [-0.4, -0.2) is 31.8 Å². The number of hydrogen-bond acceptors (Lipinski definition) is 8. The number of ether oxygens (including phenoxy) is 2. The number of H-pyrrole nitrogens is 1. The summed E-state index contributed by atoms with van der Waals surface area (Å²) in [5.41, 5.74) is 3.17. The number of nitrogen functional groups attached to an aromatic ring is 1. The summed E-state index contributed by atoms with van der Waals surface area (Å²) in [6.07, 6.45) is 0. The highest BCUT2D eigenvalue weighted by Gasteiger charge is 2.10. The van der Waals surface area contributed by atoms with Gasteiger partial charge >= 0.3 is 12.0 Å². The van der Waals surface area contributed by atoms with E-state index in [1.807, 2.05) is 13.8 Å². The maximum atomic E-state index is 5.35. The minimum atomic E-state index is 0.0490. The van der Waals surface area contributed by atoms with Gasteiger partial charge in [-0.15, -0.1) is 10.1 Å². The number of nitrogens with zero attached hydrogens (tertiary/aromatic N) is 4. The minimum Gasteiger partial charge on any atom is -0.464 e. The van der Waals surface area contributed by atoms with Crippen molar-refractivity contribution in [3.8, 4) is 17.9 Å². The lowest BCUT2D eigenvalue weighted by molar-refractivity contribution is 0.303. The molecule has 96 valence electrons. The number of aryl methyl sites for hydroxylation is 1. The quantitative estimate of drug-likeness (QED) is 0.514. The molecule has 0 amide bonds. The maximum absolute atomic E-state index is 5.35. The van der Waals surface area contributed by atoms with Crippen LogP contribution >= 0.6 is 0 Å². The van der Waals surface area contributed by atoms with Gasteiger partial charge in [0.15, 0.2) is 0 Å². The molecule has 0 radical (unpaired) electrons. The summed E-state index contributed by atoms with van der Waals surface area (Å²) in [5, 5.41) is 6.64. The number of aromatic amines is 1. The average molecular weight is 251 g/mol. The molecule has 0 atom stereocenters. The topological polar surface area (TPSA) is 124 Å². The molecule has 0 saturated carbocycles. The Morgan fingerprint density at radius 1 is 1.33 bits per heavy atom. The first-order valence-corrected chi connectivity index (χ1v) is 5.26. The third-order valence-electron chi connectivity index (χ3n) is 1.88. The Labute approximate surface area is 103 Å². The highest BCUT2D eigenvalue weighted by Crippen LogP contribution is 2.18. The van der Waals surface area contributed by atoms with Gasteiger partial charge in [0.25, 0.3) is 0 Å². The summed E-state index contributed by atoms with van der Waals surface area (Å²) in [4.78, 5) is 11.8. The Hall–Kier alpha value is -2.42. The van der Waals surface area contributed by atoms with Crippen LogP contribution in [0.15, 0.2) is 6.07 Å². The summed E-state index contributed by atoms with van der Waals surface area (Å²) in [5.74, 6) is 5.75. The van der Waals surface area contributed by atoms with Crippen LogP contribution in [0.25, 0.3) is 0 Å². The average Bonchev–Trinajstić information content (AvgIpc) is 2.75. The third-order valence-corrected chi connectivity index (χ3v) is 1.88. The minimum absolute atomic E-state index is 0.0490. The van der Waals surface area contributed by atoms with Crippen LogP contribution < -0.4 is 20.7 Å². The molecule has 0 unspecified atom stereocenters. The standard InChI is InChI=1S/C9H13N7O2/c1-3-17-8-11-7(14-10)12-9(13-8)18-6-4-5(2)15-16-6/h4H,3,10H2,1-2H3,(H,15,16)(H,11,12,13,14). The van der Waals surface area contributed by atoms with E-state index >= 15 is 0 Å². The molecule has 0 aliphatic heterocycles. The summed E-state index contributed by atoms with van der Waals surface area (Å²) >= 11 is 0. The predicted molar refractivity (Wildman–Crippen MR) is 62.2 cm³/mol. The van der Waals surface area contributed by atoms with Crippen LogP contribution in [0.1, 0.15) is 12.6 Å². The smallest absolute Gasteiger partial charge is 0.331 e. The molecule has 0 bridgehead atoms. The van der Waals surface area contributed by atoms with Gasteiger partial charge < -0.3 is 9.47 Å². The van der Waals surface area contributed by atoms with Gasteiger partial charge in [0, 0.05) is 11.8 Å². The van der Waals surface area contributed by atoms with Crippen LogP contribution in [0, 0.1) is 6.92 Å². The highest BCUT2D eigenvalue weighted by atomic mass is 16.5. The zero-order valence-electron chi connectivity index (χ0n) is 9.97. The molecule has 2 rings (SSSR count). The summed E-state index contributed by atoms with van der Waals surface area (Å²) in [6, 6.07) is 1.88. The van der Waals surface area contributed by atoms with Crippen molar-refractivity contribution in [3.63, 3.8) is 0 Å². The molecular weight excluding hydrogens is 238 g/mol. The van der Waals surface area contributed by atoms with E-state index in [0.717, 1.165) is 5.69 Å². The van der Waals surface area contributed by atoms with E-state index in [2.05, 4.69) is 30.6 Å². The van der Waals surface area contributed by atoms with E-state index in [1.54, 1.807) is 6.07 Å². The lowest BCUT2D eigenvalue weighted by Gasteiger charge is -2.05. The van der Waals surface area contributed by atoms with E-state index in [0.29, 0.717) is 12.5 Å². The number of anilines is 1. The highest BCUT2D eigenvalue weighted by molar-refractivity contribution is 5.27. The fourth-order valence-electron chi connectivity index (χ4n) is 1.18. The van der Waals surface area contributed by atoms with E-state index in [-0.39, 0.29) is 18.0 Å². The maximum Gasteiger partial charge on any atom is 0.331 e. The number of hydrazine groups is 1. The molecule has 0 spiro atoms. The second kappa shape index (κ2) is 5.27. The van der Waals surface area contributed by atoms with Crippen LogP contribution in [0.5, 0.6) is 17.9 Å². The first-order chi connectivity index (χ1) is 8.71. The molecule has 2 aromatic heterocycles. The first kappa shape index (κ1) is 12.0. The second-order valence-electron chi connectivity index (χ2n) is 3.29. The second-order valence-corrected chi connectivity index (χ2v) is 3.29. The van der Waals surface area contributed by atoms with Crippen LogP contribution in [0.3, 0.4) is 0 Å². The van der Waals surface area contributed by atoms with Gasteiger partial charge in [-0.05, 0) is 13.8 Å². The largest absolute Gasteiger partial charge is 0.464 e. The molecular formula is C9H13N7O2. The zero-order chi connectivity index (χ0) is 13.0. The van der Waals surface area contributed by atoms with Crippen molar-refractivity contribution in [2.75, 3.05) is 12.0 Å². The van der Waals surface area contributed by atoms with Crippen molar-refractivity contribution >= 4 is 5.95 Å². The lowest BCUT2D eigenvalue weighted by Crippen LogP contribution is -2.12. The first-order valence-electron chi connectivity index (χ1n) is 5.26. The van der Waals surface area contributed by atoms with Gasteiger partial charge in [-0.1, -0.05) is 0 Å². The van der Waals surface area contributed by atoms with Gasteiger partial charge in [0.2, 0.25) is 11.8 Å². The van der Waals surface area contributed by atoms with Crippen LogP contribution in [0.4, 0.5) is 5.95 Å². The Kier molecular flexibility index (Phi) is 3.53. The number of hydrogen-bond donors (Lipinski definition) is 3. The van der Waals surface area contributed by atoms with Crippen LogP contribution in [0.2, 0.25) is 0 Å². The van der Waals surface area contributed by atoms with Crippen molar-refractivity contribution in [2.24, 2.45) is 5.84 Å². The molecule has 0 saturated heterocycles. The number of nitrogens with two attached hydrogens (primary N) is 1. The van der Waals surface area contributed by atoms with Gasteiger partial charge in [0.1, 0.15) is 0 Å². The van der Waals surface area contributed by atoms with Crippen molar-refractivity contribution in [2.45, 2.75) is 13.8 Å². The molecule has 9 heteroatoms. The van der Waals surface area contributed by atoms with Gasteiger partial charge in [-0.2, -0.15) is 9.97 Å². The molecule has 18 heavy (non-hydrogen) atoms. The molecule has 4 N–H and O–H groups in total. The monoisotopic (exact) mass is 251 g/mol. The Morgan fingerprint density at radius 2 is 2.11 bits per heavy atom. The Balaban J connectivity index is 2.23. The van der Waals surface area contributed by atoms with Crippen LogP contribution in [-0.2, 0) is 0 Å². The molecule has 9 nitrogen and oxygen atoms in total. The molecule has 2 aromatic rings. The Bertz CT molecular complexity index is 527. The zero-order valence-corrected chi connectivity index (χ0v) is 9.97. The van der Waals surface area contributed by atoms with E-state index in [1.165, 1.54) is 0 Å². The predicted octanol–water partition coefficient (Wildman–Crippen LogP) is 0.380. The summed E-state index contributed by atoms with van der Waals surface area (Å²) < 4.78 is 10.5. The molecule has 0 fully saturated rings. The van der Waals surface area contributed by atoms with Crippen molar-refractivity contribution in [1.29, 1.82) is 0 Å².